The Bertz CT molecular complexity index is 278. The van der Waals surface area contributed by atoms with Gasteiger partial charge in [-0.1, -0.05) is 6.08 Å². The third kappa shape index (κ3) is 3.89. The van der Waals surface area contributed by atoms with E-state index in [2.05, 4.69) is 27.5 Å². The van der Waals surface area contributed by atoms with E-state index >= 15 is 0 Å². The molecule has 1 atom stereocenters. The van der Waals surface area contributed by atoms with Gasteiger partial charge in [0, 0.05) is 12.2 Å². The summed E-state index contributed by atoms with van der Waals surface area (Å²) in [6, 6.07) is 3.87. The summed E-state index contributed by atoms with van der Waals surface area (Å²) < 4.78 is 0.819. The maximum Gasteiger partial charge on any atom is 0.106 e. The lowest BCUT2D eigenvalue weighted by atomic mass is 10.1. The molecule has 0 radical (unpaired) electrons. The van der Waals surface area contributed by atoms with E-state index in [1.165, 1.54) is 0 Å². The molecule has 0 amide bonds. The van der Waals surface area contributed by atoms with Crippen LogP contribution in [0.5, 0.6) is 0 Å². The van der Waals surface area contributed by atoms with Crippen LogP contribution in [0.15, 0.2) is 35.6 Å². The van der Waals surface area contributed by atoms with E-state index in [1.807, 2.05) is 18.2 Å². The average molecular weight is 264 g/mol. The largest absolute Gasteiger partial charge is 0.324 e. The maximum atomic E-state index is 5.85. The molecule has 0 aliphatic rings. The van der Waals surface area contributed by atoms with E-state index in [-0.39, 0.29) is 18.4 Å². The number of hydrogen-bond acceptors (Lipinski definition) is 2. The molecule has 0 aromatic carbocycles. The molecule has 13 heavy (non-hydrogen) atoms. The van der Waals surface area contributed by atoms with Gasteiger partial charge in [-0.15, -0.1) is 19.0 Å². The first-order valence-electron chi connectivity index (χ1n) is 3.72. The number of rotatable bonds is 3. The molecule has 1 rings (SSSR count). The first kappa shape index (κ1) is 12.6. The van der Waals surface area contributed by atoms with Crippen molar-refractivity contribution < 1.29 is 0 Å². The van der Waals surface area contributed by atoms with Crippen LogP contribution in [0.4, 0.5) is 0 Å². The molecular weight excluding hydrogens is 251 g/mol. The normalized spacial score (nSPS) is 11.5. The number of nitrogens with two attached hydrogens (primary N) is 1. The highest BCUT2D eigenvalue weighted by molar-refractivity contribution is 9.10. The van der Waals surface area contributed by atoms with Gasteiger partial charge < -0.3 is 5.73 Å². The quantitative estimate of drug-likeness (QED) is 0.673. The second-order valence-electron chi connectivity index (χ2n) is 2.54. The van der Waals surface area contributed by atoms with E-state index < -0.39 is 0 Å². The molecule has 1 aromatic heterocycles. The molecule has 2 N–H and O–H groups in total. The Kier molecular flexibility index (Phi) is 5.95. The van der Waals surface area contributed by atoms with Gasteiger partial charge in [0.1, 0.15) is 4.60 Å². The molecule has 4 heteroatoms. The Morgan fingerprint density at radius 2 is 2.38 bits per heavy atom. The second-order valence-corrected chi connectivity index (χ2v) is 3.36. The van der Waals surface area contributed by atoms with E-state index in [0.29, 0.717) is 0 Å². The third-order valence-corrected chi connectivity index (χ3v) is 2.03. The number of halogens is 2. The molecule has 0 bridgehead atoms. The van der Waals surface area contributed by atoms with Gasteiger partial charge in [0.2, 0.25) is 0 Å². The monoisotopic (exact) mass is 262 g/mol. The highest BCUT2D eigenvalue weighted by atomic mass is 79.9. The summed E-state index contributed by atoms with van der Waals surface area (Å²) in [6.45, 7) is 3.64. The fourth-order valence-corrected chi connectivity index (χ4v) is 1.35. The standard InChI is InChI=1S/C9H11BrN2.ClH/c1-2-3-8(11)7-4-5-12-9(10)6-7;/h2,4-6,8H,1,3,11H2;1H/t8-;/m0./s1. The smallest absolute Gasteiger partial charge is 0.106 e. The van der Waals surface area contributed by atoms with Crippen LogP contribution in [0.2, 0.25) is 0 Å². The van der Waals surface area contributed by atoms with Gasteiger partial charge in [-0.25, -0.2) is 4.98 Å². The van der Waals surface area contributed by atoms with Crippen LogP contribution in [0.3, 0.4) is 0 Å². The highest BCUT2D eigenvalue weighted by Crippen LogP contribution is 2.16. The number of hydrogen-bond donors (Lipinski definition) is 1. The van der Waals surface area contributed by atoms with Crippen LogP contribution in [-0.2, 0) is 0 Å². The van der Waals surface area contributed by atoms with Crippen LogP contribution >= 0.6 is 28.3 Å². The molecule has 1 heterocycles. The lowest BCUT2D eigenvalue weighted by Gasteiger charge is -2.08. The van der Waals surface area contributed by atoms with Gasteiger partial charge in [-0.05, 0) is 40.0 Å². The predicted molar refractivity (Wildman–Crippen MR) is 60.9 cm³/mol. The summed E-state index contributed by atoms with van der Waals surface area (Å²) >= 11 is 3.29. The molecule has 0 aliphatic carbocycles. The van der Waals surface area contributed by atoms with Crippen molar-refractivity contribution in [1.82, 2.24) is 4.98 Å². The Morgan fingerprint density at radius 1 is 1.69 bits per heavy atom. The summed E-state index contributed by atoms with van der Waals surface area (Å²) in [6.07, 6.45) is 4.35. The van der Waals surface area contributed by atoms with Crippen LogP contribution in [0, 0.1) is 0 Å². The lowest BCUT2D eigenvalue weighted by Crippen LogP contribution is -2.08. The predicted octanol–water partition coefficient (Wildman–Crippen LogP) is 2.84. The molecule has 0 aliphatic heterocycles. The van der Waals surface area contributed by atoms with Gasteiger partial charge in [0.15, 0.2) is 0 Å². The maximum absolute atomic E-state index is 5.85. The zero-order valence-electron chi connectivity index (χ0n) is 7.11. The molecule has 0 saturated carbocycles. The fraction of sp³-hybridized carbons (Fsp3) is 0.222. The molecule has 0 spiro atoms. The van der Waals surface area contributed by atoms with Crippen molar-refractivity contribution in [2.75, 3.05) is 0 Å². The van der Waals surface area contributed by atoms with Gasteiger partial charge in [-0.2, -0.15) is 0 Å². The molecule has 0 saturated heterocycles. The van der Waals surface area contributed by atoms with Crippen LogP contribution in [0.25, 0.3) is 0 Å². The van der Waals surface area contributed by atoms with Gasteiger partial charge in [-0.3, -0.25) is 0 Å². The van der Waals surface area contributed by atoms with Crippen LogP contribution in [-0.4, -0.2) is 4.98 Å². The molecule has 72 valence electrons. The van der Waals surface area contributed by atoms with Crippen LogP contribution < -0.4 is 5.73 Å². The first-order valence-corrected chi connectivity index (χ1v) is 4.51. The van der Waals surface area contributed by atoms with Gasteiger partial charge in [0.25, 0.3) is 0 Å². The van der Waals surface area contributed by atoms with Gasteiger partial charge in [0.05, 0.1) is 0 Å². The summed E-state index contributed by atoms with van der Waals surface area (Å²) in [7, 11) is 0. The van der Waals surface area contributed by atoms with E-state index in [4.69, 9.17) is 5.73 Å². The second kappa shape index (κ2) is 6.13. The third-order valence-electron chi connectivity index (χ3n) is 1.60. The zero-order valence-corrected chi connectivity index (χ0v) is 9.51. The van der Waals surface area contributed by atoms with Crippen molar-refractivity contribution in [3.05, 3.63) is 41.2 Å². The SMILES string of the molecule is C=CC[C@H](N)c1ccnc(Br)c1.Cl. The number of nitrogens with zero attached hydrogens (tertiary/aromatic N) is 1. The fourth-order valence-electron chi connectivity index (χ4n) is 0.964. The van der Waals surface area contributed by atoms with E-state index in [9.17, 15) is 0 Å². The van der Waals surface area contributed by atoms with E-state index in [1.54, 1.807) is 6.20 Å². The number of pyridine rings is 1. The van der Waals surface area contributed by atoms with Gasteiger partial charge >= 0.3 is 0 Å². The van der Waals surface area contributed by atoms with Crippen molar-refractivity contribution in [1.29, 1.82) is 0 Å². The molecule has 2 nitrogen and oxygen atoms in total. The zero-order chi connectivity index (χ0) is 8.97. The molecular formula is C9H12BrClN2. The summed E-state index contributed by atoms with van der Waals surface area (Å²) in [5.74, 6) is 0. The molecule has 0 fully saturated rings. The average Bonchev–Trinajstić information content (AvgIpc) is 2.05. The topological polar surface area (TPSA) is 38.9 Å². The minimum Gasteiger partial charge on any atom is -0.324 e. The number of aromatic nitrogens is 1. The molecule has 0 unspecified atom stereocenters. The minimum atomic E-state index is 0. The Balaban J connectivity index is 0.00000144. The van der Waals surface area contributed by atoms with E-state index in [0.717, 1.165) is 16.6 Å². The summed E-state index contributed by atoms with van der Waals surface area (Å²) in [4.78, 5) is 4.02. The van der Waals surface area contributed by atoms with Crippen molar-refractivity contribution in [3.63, 3.8) is 0 Å². The highest BCUT2D eigenvalue weighted by Gasteiger charge is 2.03. The summed E-state index contributed by atoms with van der Waals surface area (Å²) in [5, 5.41) is 0. The molecule has 1 aromatic rings. The Labute approximate surface area is 92.8 Å². The van der Waals surface area contributed by atoms with Crippen molar-refractivity contribution in [3.8, 4) is 0 Å². The Morgan fingerprint density at radius 3 is 2.92 bits per heavy atom. The summed E-state index contributed by atoms with van der Waals surface area (Å²) in [5.41, 5.74) is 6.93. The van der Waals surface area contributed by atoms with Crippen molar-refractivity contribution >= 4 is 28.3 Å². The lowest BCUT2D eigenvalue weighted by molar-refractivity contribution is 0.739. The van der Waals surface area contributed by atoms with Crippen molar-refractivity contribution in [2.45, 2.75) is 12.5 Å². The van der Waals surface area contributed by atoms with Crippen LogP contribution in [0.1, 0.15) is 18.0 Å². The Hall–Kier alpha value is -0.380. The van der Waals surface area contributed by atoms with Crippen molar-refractivity contribution in [2.24, 2.45) is 5.73 Å². The minimum absolute atomic E-state index is 0. The first-order chi connectivity index (χ1) is 5.74.